The van der Waals surface area contributed by atoms with E-state index in [0.717, 1.165) is 17.8 Å². The van der Waals surface area contributed by atoms with E-state index in [1.807, 2.05) is 47.4 Å². The smallest absolute Gasteiger partial charge is 0.336 e. The van der Waals surface area contributed by atoms with Gasteiger partial charge in [-0.3, -0.25) is 9.59 Å². The van der Waals surface area contributed by atoms with Gasteiger partial charge in [-0.1, -0.05) is 69.3 Å². The second kappa shape index (κ2) is 11.8. The number of benzene rings is 3. The standard InChI is InChI=1S/C37H43FN4O4/c1-35(2,3)29-16-10-14-27(32(43)44)28(29)24-40-25-42(26-12-6-5-7-13-26)37(34(40)46)18-22-39(23-19-37)20-11-21-41-31-17-9-8-15-30(31)36(4,38)33(41)45/h5-10,12-17H,11,18-25H2,1-4H3,(H,43,44). The number of carbonyl (C=O) groups is 3. The minimum Gasteiger partial charge on any atom is -0.478 e. The number of carboxylic acids is 1. The van der Waals surface area contributed by atoms with Crippen LogP contribution in [0, 0.1) is 0 Å². The lowest BCUT2D eigenvalue weighted by Crippen LogP contribution is -2.56. The zero-order valence-electron chi connectivity index (χ0n) is 27.1. The first-order valence-electron chi connectivity index (χ1n) is 16.1. The lowest BCUT2D eigenvalue weighted by atomic mass is 9.81. The summed E-state index contributed by atoms with van der Waals surface area (Å²) in [5.74, 6) is -1.48. The Hall–Kier alpha value is -4.24. The third kappa shape index (κ3) is 5.44. The van der Waals surface area contributed by atoms with Crippen molar-refractivity contribution in [3.63, 3.8) is 0 Å². The van der Waals surface area contributed by atoms with Crippen molar-refractivity contribution in [2.45, 2.75) is 70.1 Å². The second-order valence-corrected chi connectivity index (χ2v) is 14.0. The third-order valence-corrected chi connectivity index (χ3v) is 10.0. The van der Waals surface area contributed by atoms with Crippen LogP contribution in [0.5, 0.6) is 0 Å². The van der Waals surface area contributed by atoms with Crippen LogP contribution in [0.4, 0.5) is 15.8 Å². The summed E-state index contributed by atoms with van der Waals surface area (Å²) >= 11 is 0. The van der Waals surface area contributed by atoms with Gasteiger partial charge in [0.1, 0.15) is 5.54 Å². The molecule has 242 valence electrons. The van der Waals surface area contributed by atoms with Crippen LogP contribution < -0.4 is 9.80 Å². The number of piperidine rings is 1. The number of anilines is 2. The summed E-state index contributed by atoms with van der Waals surface area (Å²) in [6, 6.07) is 22.4. The SMILES string of the molecule is CC(C)(C)c1cccc(C(=O)O)c1CN1CN(c2ccccc2)C2(CCN(CCCN3C(=O)C(C)(F)c4ccccc43)CC2)C1=O. The van der Waals surface area contributed by atoms with E-state index in [1.54, 1.807) is 35.2 Å². The topological polar surface area (TPSA) is 84.4 Å². The van der Waals surface area contributed by atoms with Crippen molar-refractivity contribution in [3.05, 3.63) is 95.1 Å². The van der Waals surface area contributed by atoms with Gasteiger partial charge in [0, 0.05) is 37.4 Å². The highest BCUT2D eigenvalue weighted by Crippen LogP contribution is 2.43. The van der Waals surface area contributed by atoms with Crippen molar-refractivity contribution in [2.24, 2.45) is 0 Å². The second-order valence-electron chi connectivity index (χ2n) is 14.0. The number of alkyl halides is 1. The van der Waals surface area contributed by atoms with Crippen LogP contribution in [-0.4, -0.2) is 71.1 Å². The molecular weight excluding hydrogens is 583 g/mol. The van der Waals surface area contributed by atoms with Gasteiger partial charge in [0.05, 0.1) is 17.9 Å². The molecular formula is C37H43FN4O4. The predicted octanol–water partition coefficient (Wildman–Crippen LogP) is 5.94. The predicted molar refractivity (Wildman–Crippen MR) is 177 cm³/mol. The number of carboxylic acid groups (broad SMARTS) is 1. The molecule has 0 bridgehead atoms. The highest BCUT2D eigenvalue weighted by atomic mass is 19.1. The van der Waals surface area contributed by atoms with Crippen LogP contribution in [0.25, 0.3) is 0 Å². The molecule has 46 heavy (non-hydrogen) atoms. The number of carbonyl (C=O) groups excluding carboxylic acids is 2. The Balaban J connectivity index is 1.19. The summed E-state index contributed by atoms with van der Waals surface area (Å²) < 4.78 is 15.3. The molecule has 0 radical (unpaired) electrons. The Kier molecular flexibility index (Phi) is 8.17. The Morgan fingerprint density at radius 1 is 0.891 bits per heavy atom. The molecule has 1 unspecified atom stereocenters. The highest BCUT2D eigenvalue weighted by Gasteiger charge is 2.54. The van der Waals surface area contributed by atoms with Gasteiger partial charge in [0.25, 0.3) is 5.91 Å². The number of hydrogen-bond donors (Lipinski definition) is 1. The number of para-hydroxylation sites is 2. The Labute approximate surface area is 270 Å². The molecule has 1 spiro atoms. The lowest BCUT2D eigenvalue weighted by Gasteiger charge is -2.43. The van der Waals surface area contributed by atoms with Crippen LogP contribution in [0.1, 0.15) is 74.0 Å². The first kappa shape index (κ1) is 31.7. The summed E-state index contributed by atoms with van der Waals surface area (Å²) in [5, 5.41) is 10.1. The van der Waals surface area contributed by atoms with Crippen LogP contribution in [-0.2, 0) is 27.2 Å². The van der Waals surface area contributed by atoms with Crippen molar-refractivity contribution in [1.29, 1.82) is 0 Å². The molecule has 8 nitrogen and oxygen atoms in total. The van der Waals surface area contributed by atoms with Gasteiger partial charge in [-0.15, -0.1) is 0 Å². The molecule has 3 aromatic carbocycles. The molecule has 2 fully saturated rings. The van der Waals surface area contributed by atoms with Crippen molar-refractivity contribution < 1.29 is 23.9 Å². The van der Waals surface area contributed by atoms with Crippen LogP contribution in [0.2, 0.25) is 0 Å². The number of fused-ring (bicyclic) bond motifs is 1. The minimum atomic E-state index is -2.01. The van der Waals surface area contributed by atoms with Gasteiger partial charge in [-0.25, -0.2) is 9.18 Å². The lowest BCUT2D eigenvalue weighted by molar-refractivity contribution is -0.134. The van der Waals surface area contributed by atoms with E-state index in [0.29, 0.717) is 62.4 Å². The van der Waals surface area contributed by atoms with E-state index < -0.39 is 23.1 Å². The molecule has 3 heterocycles. The van der Waals surface area contributed by atoms with Gasteiger partial charge in [-0.2, -0.15) is 0 Å². The maximum absolute atomic E-state index is 15.3. The molecule has 2 amide bonds. The fourth-order valence-electron chi connectivity index (χ4n) is 7.58. The fourth-order valence-corrected chi connectivity index (χ4v) is 7.58. The number of hydrogen-bond acceptors (Lipinski definition) is 5. The summed E-state index contributed by atoms with van der Waals surface area (Å²) in [4.78, 5) is 47.6. The Bertz CT molecular complexity index is 1640. The minimum absolute atomic E-state index is 0.0255. The molecule has 0 saturated carbocycles. The van der Waals surface area contributed by atoms with E-state index in [9.17, 15) is 19.5 Å². The van der Waals surface area contributed by atoms with Crippen molar-refractivity contribution >= 4 is 29.2 Å². The van der Waals surface area contributed by atoms with Crippen LogP contribution in [0.3, 0.4) is 0 Å². The van der Waals surface area contributed by atoms with E-state index in [1.165, 1.54) is 6.92 Å². The average molecular weight is 627 g/mol. The summed E-state index contributed by atoms with van der Waals surface area (Å²) in [6.07, 6.45) is 1.93. The molecule has 9 heteroatoms. The van der Waals surface area contributed by atoms with E-state index >= 15 is 4.39 Å². The summed E-state index contributed by atoms with van der Waals surface area (Å²) in [7, 11) is 0. The molecule has 3 aromatic rings. The Morgan fingerprint density at radius 2 is 1.57 bits per heavy atom. The van der Waals surface area contributed by atoms with Crippen LogP contribution in [0.15, 0.2) is 72.8 Å². The molecule has 0 aromatic heterocycles. The van der Waals surface area contributed by atoms with E-state index in [2.05, 4.69) is 30.6 Å². The molecule has 0 aliphatic carbocycles. The first-order valence-corrected chi connectivity index (χ1v) is 16.1. The third-order valence-electron chi connectivity index (χ3n) is 10.0. The normalized spacial score (nSPS) is 21.4. The average Bonchev–Trinajstić information content (AvgIpc) is 3.40. The quantitative estimate of drug-likeness (QED) is 0.333. The van der Waals surface area contributed by atoms with Gasteiger partial charge < -0.3 is 24.7 Å². The highest BCUT2D eigenvalue weighted by molar-refractivity contribution is 6.06. The molecule has 6 rings (SSSR count). The van der Waals surface area contributed by atoms with Gasteiger partial charge in [0.2, 0.25) is 11.6 Å². The van der Waals surface area contributed by atoms with Gasteiger partial charge in [-0.05, 0) is 73.5 Å². The molecule has 3 aliphatic rings. The number of amides is 2. The monoisotopic (exact) mass is 626 g/mol. The van der Waals surface area contributed by atoms with Crippen LogP contribution >= 0.6 is 0 Å². The number of nitrogens with zero attached hydrogens (tertiary/aromatic N) is 4. The molecule has 3 aliphatic heterocycles. The van der Waals surface area contributed by atoms with Gasteiger partial charge in [0.15, 0.2) is 0 Å². The first-order chi connectivity index (χ1) is 21.8. The molecule has 2 saturated heterocycles. The maximum Gasteiger partial charge on any atom is 0.336 e. The maximum atomic E-state index is 15.3. The number of rotatable bonds is 8. The van der Waals surface area contributed by atoms with Crippen molar-refractivity contribution in [1.82, 2.24) is 9.80 Å². The van der Waals surface area contributed by atoms with Crippen molar-refractivity contribution in [3.8, 4) is 0 Å². The fraction of sp³-hybridized carbons (Fsp3) is 0.432. The van der Waals surface area contributed by atoms with Crippen molar-refractivity contribution in [2.75, 3.05) is 42.6 Å². The Morgan fingerprint density at radius 3 is 2.24 bits per heavy atom. The van der Waals surface area contributed by atoms with E-state index in [4.69, 9.17) is 0 Å². The number of halogens is 1. The number of likely N-dealkylation sites (tertiary alicyclic amines) is 1. The zero-order valence-corrected chi connectivity index (χ0v) is 27.1. The van der Waals surface area contributed by atoms with Gasteiger partial charge >= 0.3 is 5.97 Å². The van der Waals surface area contributed by atoms with E-state index in [-0.39, 0.29) is 23.4 Å². The molecule has 1 N–H and O–H groups in total. The molecule has 1 atom stereocenters. The zero-order chi connectivity index (χ0) is 32.9. The number of aromatic carboxylic acids is 1. The largest absolute Gasteiger partial charge is 0.478 e. The summed E-state index contributed by atoms with van der Waals surface area (Å²) in [6.45, 7) is 10.7. The summed E-state index contributed by atoms with van der Waals surface area (Å²) in [5.41, 5.74) is 0.825.